The molecule has 0 aliphatic rings. The molecule has 0 aliphatic heterocycles. The Labute approximate surface area is 78.0 Å². The van der Waals surface area contributed by atoms with Crippen LogP contribution in [0.4, 0.5) is 0 Å². The minimum Gasteiger partial charge on any atom is -0.481 e. The number of aliphatic hydroxyl groups is 2. The molecule has 0 aromatic carbocycles. The number of hydrogen-bond acceptors (Lipinski definition) is 3. The minimum absolute atomic E-state index is 0. The first-order chi connectivity index (χ1) is 4.06. The largest absolute Gasteiger partial charge is 0.481 e. The molecule has 0 saturated heterocycles. The molecule has 0 fully saturated rings. The average Bonchev–Trinajstić information content (AvgIpc) is 1.86. The Morgan fingerprint density at radius 1 is 1.40 bits per heavy atom. The van der Waals surface area contributed by atoms with Gasteiger partial charge in [-0.25, -0.2) is 0 Å². The summed E-state index contributed by atoms with van der Waals surface area (Å²) in [4.78, 5) is 10.2. The van der Waals surface area contributed by atoms with Crippen LogP contribution in [0.5, 0.6) is 0 Å². The first kappa shape index (κ1) is 12.9. The molecule has 3 radical (unpaired) electrons. The molecule has 0 amide bonds. The molecule has 0 atom stereocenters. The Morgan fingerprint density at radius 2 is 1.70 bits per heavy atom. The summed E-state index contributed by atoms with van der Waals surface area (Å²) in [5.41, 5.74) is -1.39. The predicted octanol–water partition coefficient (Wildman–Crippen LogP) is -1.32. The monoisotopic (exact) mass is 343 g/mol. The van der Waals surface area contributed by atoms with Gasteiger partial charge in [-0.3, -0.25) is 4.79 Å². The van der Waals surface area contributed by atoms with Crippen LogP contribution >= 0.6 is 0 Å². The van der Waals surface area contributed by atoms with Crippen LogP contribution in [0.2, 0.25) is 0 Å². The SMILES string of the molecule is CC(CO)(CO)C(=O)O.[Bi]. The van der Waals surface area contributed by atoms with Gasteiger partial charge in [0, 0.05) is 26.2 Å². The van der Waals surface area contributed by atoms with E-state index in [1.165, 1.54) is 6.92 Å². The van der Waals surface area contributed by atoms with Crippen LogP contribution in [0.15, 0.2) is 0 Å². The Hall–Kier alpha value is 0.273. The molecule has 3 N–H and O–H groups in total. The van der Waals surface area contributed by atoms with Gasteiger partial charge in [0.05, 0.1) is 13.2 Å². The van der Waals surface area contributed by atoms with Gasteiger partial charge in [-0.05, 0) is 6.92 Å². The zero-order valence-corrected chi connectivity index (χ0v) is 9.09. The quantitative estimate of drug-likeness (QED) is 0.556. The van der Waals surface area contributed by atoms with Crippen molar-refractivity contribution in [1.82, 2.24) is 0 Å². The number of aliphatic hydroxyl groups excluding tert-OH is 2. The van der Waals surface area contributed by atoms with E-state index in [2.05, 4.69) is 0 Å². The van der Waals surface area contributed by atoms with E-state index >= 15 is 0 Å². The molecule has 0 aromatic heterocycles. The number of carbonyl (C=O) groups is 1. The van der Waals surface area contributed by atoms with Crippen molar-refractivity contribution >= 4 is 32.2 Å². The minimum atomic E-state index is -1.39. The molecule has 0 heterocycles. The summed E-state index contributed by atoms with van der Waals surface area (Å²) >= 11 is 0. The maximum Gasteiger partial charge on any atom is 0.314 e. The summed E-state index contributed by atoms with van der Waals surface area (Å²) in [5, 5.41) is 25.1. The van der Waals surface area contributed by atoms with E-state index in [9.17, 15) is 4.79 Å². The molecule has 10 heavy (non-hydrogen) atoms. The van der Waals surface area contributed by atoms with Crippen LogP contribution in [0, 0.1) is 5.41 Å². The molecule has 0 bridgehead atoms. The van der Waals surface area contributed by atoms with Gasteiger partial charge in [-0.2, -0.15) is 0 Å². The molecule has 59 valence electrons. The molecule has 0 aromatic rings. The Kier molecular flexibility index (Phi) is 6.45. The molecule has 0 aliphatic carbocycles. The smallest absolute Gasteiger partial charge is 0.314 e. The average molecular weight is 343 g/mol. The van der Waals surface area contributed by atoms with E-state index in [0.717, 1.165) is 0 Å². The van der Waals surface area contributed by atoms with Gasteiger partial charge in [-0.15, -0.1) is 0 Å². The fourth-order valence-electron chi connectivity index (χ4n) is 0.185. The second-order valence-corrected chi connectivity index (χ2v) is 2.18. The van der Waals surface area contributed by atoms with Gasteiger partial charge in [0.1, 0.15) is 5.41 Å². The molecule has 5 heteroatoms. The van der Waals surface area contributed by atoms with E-state index < -0.39 is 24.6 Å². The van der Waals surface area contributed by atoms with Gasteiger partial charge in [0.2, 0.25) is 0 Å². The number of hydrogen-bond donors (Lipinski definition) is 3. The fourth-order valence-corrected chi connectivity index (χ4v) is 0.185. The first-order valence-electron chi connectivity index (χ1n) is 2.52. The van der Waals surface area contributed by atoms with Crippen molar-refractivity contribution in [2.75, 3.05) is 13.2 Å². The maximum atomic E-state index is 10.2. The van der Waals surface area contributed by atoms with Gasteiger partial charge in [0.15, 0.2) is 0 Å². The summed E-state index contributed by atoms with van der Waals surface area (Å²) in [6.45, 7) is 0.187. The number of aliphatic carboxylic acids is 1. The molecule has 4 nitrogen and oxygen atoms in total. The third-order valence-corrected chi connectivity index (χ3v) is 1.21. The van der Waals surface area contributed by atoms with E-state index in [1.54, 1.807) is 0 Å². The fraction of sp³-hybridized carbons (Fsp3) is 0.800. The van der Waals surface area contributed by atoms with E-state index in [-0.39, 0.29) is 26.2 Å². The Bertz CT molecular complexity index is 110. The van der Waals surface area contributed by atoms with Crippen molar-refractivity contribution in [1.29, 1.82) is 0 Å². The predicted molar refractivity (Wildman–Crippen MR) is 35.7 cm³/mol. The van der Waals surface area contributed by atoms with Crippen molar-refractivity contribution in [2.24, 2.45) is 5.41 Å². The van der Waals surface area contributed by atoms with Crippen LogP contribution in [0.1, 0.15) is 6.92 Å². The molecule has 0 unspecified atom stereocenters. The van der Waals surface area contributed by atoms with Crippen molar-refractivity contribution < 1.29 is 20.1 Å². The number of rotatable bonds is 3. The first-order valence-corrected chi connectivity index (χ1v) is 2.52. The van der Waals surface area contributed by atoms with Crippen molar-refractivity contribution in [3.05, 3.63) is 0 Å². The third-order valence-electron chi connectivity index (χ3n) is 1.21. The zero-order chi connectivity index (χ0) is 7.49. The molecule has 0 rings (SSSR count). The van der Waals surface area contributed by atoms with Crippen LogP contribution in [0.25, 0.3) is 0 Å². The van der Waals surface area contributed by atoms with E-state index in [0.29, 0.717) is 0 Å². The van der Waals surface area contributed by atoms with Gasteiger partial charge >= 0.3 is 5.97 Å². The number of carboxylic acids is 1. The van der Waals surface area contributed by atoms with Gasteiger partial charge in [-0.1, -0.05) is 0 Å². The van der Waals surface area contributed by atoms with Crippen LogP contribution in [-0.2, 0) is 4.79 Å². The summed E-state index contributed by atoms with van der Waals surface area (Å²) in [5.74, 6) is -1.19. The van der Waals surface area contributed by atoms with Crippen molar-refractivity contribution in [2.45, 2.75) is 6.92 Å². The Balaban J connectivity index is 0. The molecule has 0 saturated carbocycles. The standard InChI is InChI=1S/C5H10O4.Bi/c1-5(2-6,3-7)4(8)9;/h6-7H,2-3H2,1H3,(H,8,9);. The second kappa shape index (κ2) is 4.99. The Morgan fingerprint density at radius 3 is 1.70 bits per heavy atom. The molecular formula is C5H10BiO4. The topological polar surface area (TPSA) is 77.8 Å². The summed E-state index contributed by atoms with van der Waals surface area (Å²) in [6.07, 6.45) is 0. The summed E-state index contributed by atoms with van der Waals surface area (Å²) < 4.78 is 0. The molecule has 0 spiro atoms. The van der Waals surface area contributed by atoms with E-state index in [4.69, 9.17) is 15.3 Å². The van der Waals surface area contributed by atoms with E-state index in [1.807, 2.05) is 0 Å². The normalized spacial score (nSPS) is 10.3. The van der Waals surface area contributed by atoms with Crippen molar-refractivity contribution in [3.63, 3.8) is 0 Å². The van der Waals surface area contributed by atoms with Gasteiger partial charge < -0.3 is 15.3 Å². The van der Waals surface area contributed by atoms with Crippen LogP contribution in [-0.4, -0.2) is 60.7 Å². The van der Waals surface area contributed by atoms with Crippen molar-refractivity contribution in [3.8, 4) is 0 Å². The van der Waals surface area contributed by atoms with Gasteiger partial charge in [0.25, 0.3) is 0 Å². The second-order valence-electron chi connectivity index (χ2n) is 2.18. The van der Waals surface area contributed by atoms with Crippen LogP contribution < -0.4 is 0 Å². The molecular weight excluding hydrogens is 333 g/mol. The summed E-state index contributed by atoms with van der Waals surface area (Å²) in [6, 6.07) is 0. The zero-order valence-electron chi connectivity index (χ0n) is 5.61. The van der Waals surface area contributed by atoms with Crippen LogP contribution in [0.3, 0.4) is 0 Å². The summed E-state index contributed by atoms with van der Waals surface area (Å²) in [7, 11) is 0. The maximum absolute atomic E-state index is 10.2. The third kappa shape index (κ3) is 2.91. The number of carboxylic acid groups (broad SMARTS) is 1.